The largest absolute Gasteiger partial charge is 0.454 e. The average Bonchev–Trinajstić information content (AvgIpc) is 3.08. The van der Waals surface area contributed by atoms with Crippen LogP contribution in [-0.4, -0.2) is 31.3 Å². The molecule has 1 heterocycles. The lowest BCUT2D eigenvalue weighted by Gasteiger charge is -2.21. The zero-order valence-electron chi connectivity index (χ0n) is 14.0. The number of hydrogen-bond acceptors (Lipinski definition) is 4. The van der Waals surface area contributed by atoms with Crippen molar-refractivity contribution in [2.75, 3.05) is 20.4 Å². The summed E-state index contributed by atoms with van der Waals surface area (Å²) in [5.41, 5.74) is 2.75. The van der Waals surface area contributed by atoms with E-state index < -0.39 is 0 Å². The van der Waals surface area contributed by atoms with Crippen molar-refractivity contribution < 1.29 is 19.0 Å². The summed E-state index contributed by atoms with van der Waals surface area (Å²) in [5.74, 6) is 1.50. The molecule has 1 aliphatic heterocycles. The van der Waals surface area contributed by atoms with Gasteiger partial charge in [0.15, 0.2) is 11.5 Å². The number of rotatable bonds is 6. The summed E-state index contributed by atoms with van der Waals surface area (Å²) in [6.07, 6.45) is 0. The first kappa shape index (κ1) is 16.3. The van der Waals surface area contributed by atoms with Gasteiger partial charge in [0.05, 0.1) is 6.61 Å². The minimum atomic E-state index is 0.0131. The summed E-state index contributed by atoms with van der Waals surface area (Å²) in [5, 5.41) is 0. The summed E-state index contributed by atoms with van der Waals surface area (Å²) >= 11 is 0. The van der Waals surface area contributed by atoms with E-state index in [1.165, 1.54) is 0 Å². The number of hydrogen-bond donors (Lipinski definition) is 0. The standard InChI is InChI=1S/C19H21NO4/c1-3-20(11-15-6-9-17-18(10-15)24-13-23-17)19(21)16-7-4-14(5-8-16)12-22-2/h4-10H,3,11-13H2,1-2H3. The molecule has 0 saturated heterocycles. The number of carbonyl (C=O) groups excluding carboxylic acids is 1. The molecule has 126 valence electrons. The highest BCUT2D eigenvalue weighted by Gasteiger charge is 2.17. The molecule has 0 atom stereocenters. The monoisotopic (exact) mass is 327 g/mol. The Bertz CT molecular complexity index is 712. The highest BCUT2D eigenvalue weighted by atomic mass is 16.7. The molecule has 24 heavy (non-hydrogen) atoms. The molecule has 2 aromatic carbocycles. The Labute approximate surface area is 141 Å². The van der Waals surface area contributed by atoms with Crippen LogP contribution in [0.1, 0.15) is 28.4 Å². The molecule has 0 fully saturated rings. The minimum Gasteiger partial charge on any atom is -0.454 e. The highest BCUT2D eigenvalue weighted by molar-refractivity contribution is 5.94. The van der Waals surface area contributed by atoms with Crippen molar-refractivity contribution in [1.82, 2.24) is 4.90 Å². The van der Waals surface area contributed by atoms with E-state index in [1.54, 1.807) is 7.11 Å². The fourth-order valence-electron chi connectivity index (χ4n) is 2.68. The molecular weight excluding hydrogens is 306 g/mol. The maximum absolute atomic E-state index is 12.7. The predicted molar refractivity (Wildman–Crippen MR) is 90.1 cm³/mol. The first-order valence-electron chi connectivity index (χ1n) is 7.97. The van der Waals surface area contributed by atoms with Crippen molar-refractivity contribution >= 4 is 5.91 Å². The van der Waals surface area contributed by atoms with Gasteiger partial charge in [0.25, 0.3) is 5.91 Å². The highest BCUT2D eigenvalue weighted by Crippen LogP contribution is 2.32. The molecule has 0 aliphatic carbocycles. The van der Waals surface area contributed by atoms with Crippen LogP contribution in [0.4, 0.5) is 0 Å². The van der Waals surface area contributed by atoms with Gasteiger partial charge < -0.3 is 19.1 Å². The summed E-state index contributed by atoms with van der Waals surface area (Å²) in [6.45, 7) is 3.94. The van der Waals surface area contributed by atoms with Crippen LogP contribution in [0, 0.1) is 0 Å². The fourth-order valence-corrected chi connectivity index (χ4v) is 2.68. The number of carbonyl (C=O) groups is 1. The SMILES string of the molecule is CCN(Cc1ccc2c(c1)OCO2)C(=O)c1ccc(COC)cc1. The zero-order valence-corrected chi connectivity index (χ0v) is 14.0. The molecule has 5 nitrogen and oxygen atoms in total. The summed E-state index contributed by atoms with van der Waals surface area (Å²) in [6, 6.07) is 13.3. The van der Waals surface area contributed by atoms with E-state index in [4.69, 9.17) is 14.2 Å². The van der Waals surface area contributed by atoms with Gasteiger partial charge in [0, 0.05) is 25.8 Å². The summed E-state index contributed by atoms with van der Waals surface area (Å²) < 4.78 is 15.8. The Kier molecular flexibility index (Phi) is 5.01. The summed E-state index contributed by atoms with van der Waals surface area (Å²) in [7, 11) is 1.66. The maximum Gasteiger partial charge on any atom is 0.254 e. The molecule has 0 N–H and O–H groups in total. The maximum atomic E-state index is 12.7. The van der Waals surface area contributed by atoms with Crippen LogP contribution in [-0.2, 0) is 17.9 Å². The van der Waals surface area contributed by atoms with Crippen LogP contribution in [0.2, 0.25) is 0 Å². The van der Waals surface area contributed by atoms with Gasteiger partial charge in [-0.25, -0.2) is 0 Å². The van der Waals surface area contributed by atoms with E-state index in [1.807, 2.05) is 54.3 Å². The van der Waals surface area contributed by atoms with E-state index in [9.17, 15) is 4.79 Å². The molecule has 3 rings (SSSR count). The van der Waals surface area contributed by atoms with Gasteiger partial charge >= 0.3 is 0 Å². The average molecular weight is 327 g/mol. The molecule has 2 aromatic rings. The number of amides is 1. The molecule has 0 bridgehead atoms. The molecule has 0 aromatic heterocycles. The van der Waals surface area contributed by atoms with Crippen molar-refractivity contribution in [3.63, 3.8) is 0 Å². The lowest BCUT2D eigenvalue weighted by molar-refractivity contribution is 0.0752. The Morgan fingerprint density at radius 2 is 1.79 bits per heavy atom. The van der Waals surface area contributed by atoms with Gasteiger partial charge in [-0.2, -0.15) is 0 Å². The Balaban J connectivity index is 1.72. The second-order valence-electron chi connectivity index (χ2n) is 5.64. The van der Waals surface area contributed by atoms with Crippen LogP contribution >= 0.6 is 0 Å². The molecule has 0 radical (unpaired) electrons. The van der Waals surface area contributed by atoms with Gasteiger partial charge in [-0.3, -0.25) is 4.79 Å². The summed E-state index contributed by atoms with van der Waals surface area (Å²) in [4.78, 5) is 14.5. The van der Waals surface area contributed by atoms with Gasteiger partial charge in [0.2, 0.25) is 6.79 Å². The third-order valence-electron chi connectivity index (χ3n) is 3.99. The van der Waals surface area contributed by atoms with E-state index in [0.717, 1.165) is 22.6 Å². The van der Waals surface area contributed by atoms with E-state index in [-0.39, 0.29) is 12.7 Å². The molecule has 1 amide bonds. The van der Waals surface area contributed by atoms with Crippen LogP contribution < -0.4 is 9.47 Å². The third-order valence-corrected chi connectivity index (χ3v) is 3.99. The van der Waals surface area contributed by atoms with Crippen molar-refractivity contribution in [3.05, 3.63) is 59.2 Å². The van der Waals surface area contributed by atoms with Crippen LogP contribution in [0.15, 0.2) is 42.5 Å². The third kappa shape index (κ3) is 3.51. The quantitative estimate of drug-likeness (QED) is 0.817. The van der Waals surface area contributed by atoms with E-state index in [2.05, 4.69) is 0 Å². The second-order valence-corrected chi connectivity index (χ2v) is 5.64. The fraction of sp³-hybridized carbons (Fsp3) is 0.316. The Morgan fingerprint density at radius 3 is 2.50 bits per heavy atom. The van der Waals surface area contributed by atoms with E-state index in [0.29, 0.717) is 25.3 Å². The number of fused-ring (bicyclic) bond motifs is 1. The lowest BCUT2D eigenvalue weighted by Crippen LogP contribution is -2.30. The first-order chi connectivity index (χ1) is 11.7. The minimum absolute atomic E-state index is 0.0131. The normalized spacial score (nSPS) is 12.2. The van der Waals surface area contributed by atoms with Gasteiger partial charge in [-0.1, -0.05) is 18.2 Å². The smallest absolute Gasteiger partial charge is 0.254 e. The van der Waals surface area contributed by atoms with Gasteiger partial charge in [-0.15, -0.1) is 0 Å². The van der Waals surface area contributed by atoms with Crippen molar-refractivity contribution in [1.29, 1.82) is 0 Å². The Morgan fingerprint density at radius 1 is 1.08 bits per heavy atom. The van der Waals surface area contributed by atoms with Crippen LogP contribution in [0.25, 0.3) is 0 Å². The molecule has 0 unspecified atom stereocenters. The van der Waals surface area contributed by atoms with Crippen molar-refractivity contribution in [2.24, 2.45) is 0 Å². The second kappa shape index (κ2) is 7.36. The first-order valence-corrected chi connectivity index (χ1v) is 7.97. The van der Waals surface area contributed by atoms with Crippen LogP contribution in [0.3, 0.4) is 0 Å². The lowest BCUT2D eigenvalue weighted by atomic mass is 10.1. The topological polar surface area (TPSA) is 48.0 Å². The number of ether oxygens (including phenoxy) is 3. The molecule has 0 spiro atoms. The Hall–Kier alpha value is -2.53. The number of methoxy groups -OCH3 is 1. The van der Waals surface area contributed by atoms with Gasteiger partial charge in [0.1, 0.15) is 0 Å². The van der Waals surface area contributed by atoms with Crippen LogP contribution in [0.5, 0.6) is 11.5 Å². The molecule has 5 heteroatoms. The van der Waals surface area contributed by atoms with E-state index >= 15 is 0 Å². The number of benzene rings is 2. The zero-order chi connectivity index (χ0) is 16.9. The molecule has 1 aliphatic rings. The van der Waals surface area contributed by atoms with Crippen molar-refractivity contribution in [3.8, 4) is 11.5 Å². The molecular formula is C19H21NO4. The van der Waals surface area contributed by atoms with Gasteiger partial charge in [-0.05, 0) is 42.3 Å². The molecule has 0 saturated carbocycles. The number of nitrogens with zero attached hydrogens (tertiary/aromatic N) is 1. The predicted octanol–water partition coefficient (Wildman–Crippen LogP) is 3.22. The van der Waals surface area contributed by atoms with Crippen molar-refractivity contribution in [2.45, 2.75) is 20.1 Å².